The Morgan fingerprint density at radius 2 is 1.87 bits per heavy atom. The van der Waals surface area contributed by atoms with Crippen molar-refractivity contribution in [1.29, 1.82) is 0 Å². The van der Waals surface area contributed by atoms with Crippen molar-refractivity contribution in [2.75, 3.05) is 50.7 Å². The molecular formula is C21H29F3N4O2. The molecule has 2 heterocycles. The first-order chi connectivity index (χ1) is 14.2. The van der Waals surface area contributed by atoms with Crippen LogP contribution in [0.2, 0.25) is 0 Å². The molecule has 0 unspecified atom stereocenters. The maximum Gasteiger partial charge on any atom is 0.416 e. The molecule has 9 heteroatoms. The van der Waals surface area contributed by atoms with E-state index in [1.165, 1.54) is 19.1 Å². The van der Waals surface area contributed by atoms with E-state index < -0.39 is 11.7 Å². The summed E-state index contributed by atoms with van der Waals surface area (Å²) in [5.41, 5.74) is -0.0222. The monoisotopic (exact) mass is 426 g/mol. The number of nitrogens with one attached hydrogen (secondary N) is 1. The molecule has 30 heavy (non-hydrogen) atoms. The number of piperazine rings is 1. The normalized spacial score (nSPS) is 20.9. The van der Waals surface area contributed by atoms with Gasteiger partial charge in [-0.25, -0.2) is 0 Å². The molecule has 1 atom stereocenters. The molecule has 6 nitrogen and oxygen atoms in total. The number of alkyl halides is 3. The summed E-state index contributed by atoms with van der Waals surface area (Å²) < 4.78 is 38.9. The van der Waals surface area contributed by atoms with Crippen LogP contribution in [-0.2, 0) is 15.8 Å². The number of piperidine rings is 1. The lowest BCUT2D eigenvalue weighted by Gasteiger charge is -2.44. The Morgan fingerprint density at radius 1 is 1.13 bits per heavy atom. The highest BCUT2D eigenvalue weighted by atomic mass is 19.4. The van der Waals surface area contributed by atoms with E-state index in [1.54, 1.807) is 6.07 Å². The van der Waals surface area contributed by atoms with Crippen molar-refractivity contribution in [3.05, 3.63) is 29.8 Å². The maximum absolute atomic E-state index is 13.0. The van der Waals surface area contributed by atoms with Crippen molar-refractivity contribution in [3.63, 3.8) is 0 Å². The fraction of sp³-hybridized carbons (Fsp3) is 0.619. The van der Waals surface area contributed by atoms with E-state index in [-0.39, 0.29) is 17.9 Å². The van der Waals surface area contributed by atoms with Gasteiger partial charge >= 0.3 is 6.18 Å². The molecule has 2 aliphatic heterocycles. The van der Waals surface area contributed by atoms with Gasteiger partial charge in [-0.3, -0.25) is 14.5 Å². The summed E-state index contributed by atoms with van der Waals surface area (Å²) >= 11 is 0. The van der Waals surface area contributed by atoms with Crippen LogP contribution in [0.5, 0.6) is 0 Å². The van der Waals surface area contributed by atoms with Gasteiger partial charge in [-0.1, -0.05) is 6.07 Å². The van der Waals surface area contributed by atoms with Gasteiger partial charge in [0.15, 0.2) is 0 Å². The molecule has 2 saturated heterocycles. The van der Waals surface area contributed by atoms with Crippen LogP contribution in [0, 0.1) is 0 Å². The zero-order chi connectivity index (χ0) is 21.7. The predicted molar refractivity (Wildman–Crippen MR) is 108 cm³/mol. The molecule has 0 aromatic heterocycles. The van der Waals surface area contributed by atoms with E-state index in [1.807, 2.05) is 9.80 Å². The number of rotatable bonds is 5. The number of amides is 2. The Balaban J connectivity index is 1.51. The number of hydrogen-bond acceptors (Lipinski definition) is 4. The highest BCUT2D eigenvalue weighted by Crippen LogP contribution is 2.32. The Hall–Kier alpha value is -2.29. The van der Waals surface area contributed by atoms with Crippen LogP contribution in [0.1, 0.15) is 31.7 Å². The Bertz CT molecular complexity index is 748. The number of carbonyl (C=O) groups excluding carboxylic acids is 2. The summed E-state index contributed by atoms with van der Waals surface area (Å²) in [6.07, 6.45) is -2.09. The highest BCUT2D eigenvalue weighted by molar-refractivity contribution is 5.78. The lowest BCUT2D eigenvalue weighted by molar-refractivity contribution is -0.137. The first-order valence-corrected chi connectivity index (χ1v) is 10.4. The molecule has 1 aromatic carbocycles. The third-order valence-corrected chi connectivity index (χ3v) is 5.83. The second-order valence-electron chi connectivity index (χ2n) is 7.94. The summed E-state index contributed by atoms with van der Waals surface area (Å²) in [5.74, 6) is -0.0889. The Morgan fingerprint density at radius 3 is 2.53 bits per heavy atom. The zero-order valence-corrected chi connectivity index (χ0v) is 17.2. The van der Waals surface area contributed by atoms with Crippen LogP contribution in [0.4, 0.5) is 18.9 Å². The molecule has 0 spiro atoms. The molecule has 0 bridgehead atoms. The van der Waals surface area contributed by atoms with E-state index in [0.29, 0.717) is 38.3 Å². The summed E-state index contributed by atoms with van der Waals surface area (Å²) in [6, 6.07) is 5.76. The van der Waals surface area contributed by atoms with Gasteiger partial charge in [0.25, 0.3) is 0 Å². The van der Waals surface area contributed by atoms with Gasteiger partial charge in [0.2, 0.25) is 11.8 Å². The molecule has 2 fully saturated rings. The molecule has 2 amide bonds. The van der Waals surface area contributed by atoms with Gasteiger partial charge in [-0.05, 0) is 31.0 Å². The Labute approximate surface area is 175 Å². The van der Waals surface area contributed by atoms with E-state index >= 15 is 0 Å². The van der Waals surface area contributed by atoms with Crippen molar-refractivity contribution >= 4 is 17.5 Å². The molecule has 1 N–H and O–H groups in total. The molecule has 0 radical (unpaired) electrons. The smallest absolute Gasteiger partial charge is 0.369 e. The summed E-state index contributed by atoms with van der Waals surface area (Å²) in [6.45, 7) is 6.03. The lowest BCUT2D eigenvalue weighted by Crippen LogP contribution is -2.56. The SMILES string of the molecule is CC(=O)NCCC(=O)N1CCC[C@H](N2CCN(c3cccc(C(F)(F)F)c3)CC2)C1. The average molecular weight is 426 g/mol. The second-order valence-corrected chi connectivity index (χ2v) is 7.94. The first-order valence-electron chi connectivity index (χ1n) is 10.4. The van der Waals surface area contributed by atoms with E-state index in [2.05, 4.69) is 10.2 Å². The van der Waals surface area contributed by atoms with Crippen molar-refractivity contribution in [1.82, 2.24) is 15.1 Å². The molecule has 166 valence electrons. The zero-order valence-electron chi connectivity index (χ0n) is 17.2. The number of hydrogen-bond donors (Lipinski definition) is 1. The lowest BCUT2D eigenvalue weighted by atomic mass is 10.0. The molecule has 2 aliphatic rings. The van der Waals surface area contributed by atoms with Crippen molar-refractivity contribution < 1.29 is 22.8 Å². The summed E-state index contributed by atoms with van der Waals surface area (Å²) in [4.78, 5) is 29.6. The minimum Gasteiger partial charge on any atom is -0.369 e. The molecule has 1 aromatic rings. The van der Waals surface area contributed by atoms with Crippen molar-refractivity contribution in [2.24, 2.45) is 0 Å². The number of carbonyl (C=O) groups is 2. The third kappa shape index (κ3) is 5.87. The van der Waals surface area contributed by atoms with Crippen molar-refractivity contribution in [3.8, 4) is 0 Å². The van der Waals surface area contributed by atoms with Crippen LogP contribution in [-0.4, -0.2) is 73.5 Å². The van der Waals surface area contributed by atoms with Crippen molar-refractivity contribution in [2.45, 2.75) is 38.4 Å². The van der Waals surface area contributed by atoms with Gasteiger partial charge in [0.1, 0.15) is 0 Å². The average Bonchev–Trinajstić information content (AvgIpc) is 2.73. The largest absolute Gasteiger partial charge is 0.416 e. The topological polar surface area (TPSA) is 55.9 Å². The van der Waals surface area contributed by atoms with E-state index in [9.17, 15) is 22.8 Å². The molecule has 0 saturated carbocycles. The maximum atomic E-state index is 13.0. The molecular weight excluding hydrogens is 397 g/mol. The van der Waals surface area contributed by atoms with Crippen LogP contribution >= 0.6 is 0 Å². The predicted octanol–water partition coefficient (Wildman–Crippen LogP) is 2.34. The van der Waals surface area contributed by atoms with Gasteiger partial charge in [0, 0.05) is 70.9 Å². The van der Waals surface area contributed by atoms with Crippen LogP contribution in [0.25, 0.3) is 0 Å². The minimum absolute atomic E-state index is 0.0519. The summed E-state index contributed by atoms with van der Waals surface area (Å²) in [7, 11) is 0. The quantitative estimate of drug-likeness (QED) is 0.786. The van der Waals surface area contributed by atoms with Crippen LogP contribution in [0.15, 0.2) is 24.3 Å². The van der Waals surface area contributed by atoms with E-state index in [4.69, 9.17) is 0 Å². The fourth-order valence-electron chi connectivity index (χ4n) is 4.21. The number of likely N-dealkylation sites (tertiary alicyclic amines) is 1. The number of nitrogens with zero attached hydrogens (tertiary/aromatic N) is 3. The van der Waals surface area contributed by atoms with Gasteiger partial charge < -0.3 is 15.1 Å². The van der Waals surface area contributed by atoms with Crippen LogP contribution in [0.3, 0.4) is 0 Å². The van der Waals surface area contributed by atoms with Gasteiger partial charge in [0.05, 0.1) is 5.56 Å². The second kappa shape index (κ2) is 9.68. The highest BCUT2D eigenvalue weighted by Gasteiger charge is 2.32. The molecule has 0 aliphatic carbocycles. The van der Waals surface area contributed by atoms with Crippen LogP contribution < -0.4 is 10.2 Å². The third-order valence-electron chi connectivity index (χ3n) is 5.83. The first kappa shape index (κ1) is 22.4. The number of anilines is 1. The number of benzene rings is 1. The van der Waals surface area contributed by atoms with E-state index in [0.717, 1.165) is 38.5 Å². The summed E-state index contributed by atoms with van der Waals surface area (Å²) in [5, 5.41) is 2.65. The fourth-order valence-corrected chi connectivity index (χ4v) is 4.21. The van der Waals surface area contributed by atoms with Gasteiger partial charge in [-0.15, -0.1) is 0 Å². The minimum atomic E-state index is -4.34. The Kier molecular flexibility index (Phi) is 7.23. The number of halogens is 3. The van der Waals surface area contributed by atoms with Gasteiger partial charge in [-0.2, -0.15) is 13.2 Å². The standard InChI is InChI=1S/C21H29F3N4O2/c1-16(29)25-8-7-20(30)28-9-3-6-19(15-28)27-12-10-26(11-13-27)18-5-2-4-17(14-18)21(22,23)24/h2,4-5,14,19H,3,6-13,15H2,1H3,(H,25,29)/t19-/m0/s1. The molecule has 3 rings (SSSR count).